The van der Waals surface area contributed by atoms with E-state index in [1.165, 1.54) is 6.20 Å². The number of amidine groups is 1. The van der Waals surface area contributed by atoms with Gasteiger partial charge in [0.2, 0.25) is 5.88 Å². The fourth-order valence-electron chi connectivity index (χ4n) is 5.93. The first-order chi connectivity index (χ1) is 24.4. The molecule has 3 heterocycles. The molecule has 0 atom stereocenters. The highest BCUT2D eigenvalue weighted by molar-refractivity contribution is 6.32. The van der Waals surface area contributed by atoms with Gasteiger partial charge in [-0.25, -0.2) is 4.98 Å². The van der Waals surface area contributed by atoms with Crippen LogP contribution in [-0.2, 0) is 19.8 Å². The molecule has 0 radical (unpaired) electrons. The lowest BCUT2D eigenvalue weighted by molar-refractivity contribution is 0.255. The number of pyridine rings is 2. The second kappa shape index (κ2) is 15.8. The molecule has 10 nitrogen and oxygen atoms in total. The first-order valence-electron chi connectivity index (χ1n) is 16.2. The molecule has 0 spiro atoms. The summed E-state index contributed by atoms with van der Waals surface area (Å²) in [5, 5.41) is 25.2. The minimum absolute atomic E-state index is 0.189. The van der Waals surface area contributed by atoms with Crippen LogP contribution >= 0.6 is 11.6 Å². The molecule has 1 aliphatic rings. The van der Waals surface area contributed by atoms with Crippen molar-refractivity contribution in [2.24, 2.45) is 4.99 Å². The molecule has 50 heavy (non-hydrogen) atoms. The van der Waals surface area contributed by atoms with Crippen LogP contribution in [0, 0.1) is 25.2 Å². The van der Waals surface area contributed by atoms with Crippen molar-refractivity contribution in [2.45, 2.75) is 33.6 Å². The zero-order valence-corrected chi connectivity index (χ0v) is 28.8. The van der Waals surface area contributed by atoms with E-state index in [9.17, 15) is 10.4 Å². The molecule has 3 N–H and O–H groups in total. The lowest BCUT2D eigenvalue weighted by Crippen LogP contribution is -2.20. The number of halogens is 1. The van der Waals surface area contributed by atoms with Gasteiger partial charge in [-0.2, -0.15) is 5.26 Å². The average Bonchev–Trinajstić information content (AvgIpc) is 3.69. The molecule has 0 saturated heterocycles. The van der Waals surface area contributed by atoms with Gasteiger partial charge in [0.25, 0.3) is 0 Å². The molecule has 0 unspecified atom stereocenters. The molecule has 0 aliphatic carbocycles. The summed E-state index contributed by atoms with van der Waals surface area (Å²) in [5.74, 6) is 2.34. The van der Waals surface area contributed by atoms with Crippen LogP contribution in [-0.4, -0.2) is 47.8 Å². The van der Waals surface area contributed by atoms with E-state index in [0.717, 1.165) is 74.7 Å². The highest BCUT2D eigenvalue weighted by atomic mass is 35.5. The van der Waals surface area contributed by atoms with E-state index in [1.54, 1.807) is 31.5 Å². The van der Waals surface area contributed by atoms with Gasteiger partial charge in [0.05, 0.1) is 42.2 Å². The first kappa shape index (κ1) is 34.4. The molecule has 0 saturated carbocycles. The van der Waals surface area contributed by atoms with Gasteiger partial charge in [-0.15, -0.1) is 0 Å². The Morgan fingerprint density at radius 3 is 2.44 bits per heavy atom. The summed E-state index contributed by atoms with van der Waals surface area (Å²) in [7, 11) is 1.63. The lowest BCUT2D eigenvalue weighted by atomic mass is 9.90. The summed E-state index contributed by atoms with van der Waals surface area (Å²) < 4.78 is 18.1. The maximum atomic E-state index is 9.34. The smallest absolute Gasteiger partial charge is 0.224 e. The van der Waals surface area contributed by atoms with Crippen molar-refractivity contribution in [1.29, 1.82) is 5.26 Å². The number of nitrogens with zero attached hydrogens (tertiary/aromatic N) is 4. The van der Waals surface area contributed by atoms with E-state index in [2.05, 4.69) is 58.7 Å². The topological polar surface area (TPSA) is 134 Å². The minimum Gasteiger partial charge on any atom is -0.488 e. The predicted molar refractivity (Wildman–Crippen MR) is 194 cm³/mol. The number of aliphatic hydroxyl groups excluding tert-OH is 1. The standard InChI is InChI=1S/C39H37ClN6O4/c1-24-28(22-50-37-16-36(29(15-34(37)40)20-43-23-47)49-21-27-14-26(17-41)18-42-19-27)6-4-7-30(24)31-8-5-9-32(25(31)2)35-11-10-33(39(46-35)48-3)38-44-12-13-45-38/h4-11,14-16,18-19,43,47H,12-13,20-23H2,1-3H3,(H,44,45). The summed E-state index contributed by atoms with van der Waals surface area (Å²) in [5.41, 5.74) is 10.0. The Balaban J connectivity index is 1.24. The normalized spacial score (nSPS) is 12.2. The molecule has 0 fully saturated rings. The van der Waals surface area contributed by atoms with Gasteiger partial charge in [-0.1, -0.05) is 48.0 Å². The Bertz CT molecular complexity index is 2090. The quantitative estimate of drug-likeness (QED) is 0.118. The monoisotopic (exact) mass is 688 g/mol. The van der Waals surface area contributed by atoms with Gasteiger partial charge in [-0.3, -0.25) is 15.3 Å². The van der Waals surface area contributed by atoms with E-state index in [0.29, 0.717) is 34.5 Å². The van der Waals surface area contributed by atoms with Gasteiger partial charge in [0.15, 0.2) is 0 Å². The van der Waals surface area contributed by atoms with E-state index in [-0.39, 0.29) is 19.9 Å². The third-order valence-electron chi connectivity index (χ3n) is 8.57. The number of aromatic nitrogens is 2. The number of nitrogens with one attached hydrogen (secondary N) is 2. The van der Waals surface area contributed by atoms with Crippen LogP contribution in [0.3, 0.4) is 0 Å². The number of aliphatic hydroxyl groups is 1. The summed E-state index contributed by atoms with van der Waals surface area (Å²) >= 11 is 6.69. The maximum absolute atomic E-state index is 9.34. The van der Waals surface area contributed by atoms with Gasteiger partial charge in [0.1, 0.15) is 36.6 Å². The second-order valence-corrected chi connectivity index (χ2v) is 12.1. The Hall–Kier alpha value is -5.47. The number of ether oxygens (including phenoxy) is 3. The molecule has 254 valence electrons. The predicted octanol–water partition coefficient (Wildman–Crippen LogP) is 6.51. The van der Waals surface area contributed by atoms with Gasteiger partial charge in [-0.05, 0) is 65.9 Å². The molecular formula is C39H37ClN6O4. The highest BCUT2D eigenvalue weighted by Crippen LogP contribution is 2.37. The molecule has 0 amide bonds. The van der Waals surface area contributed by atoms with E-state index in [4.69, 9.17) is 30.8 Å². The summed E-state index contributed by atoms with van der Waals surface area (Å²) in [6.07, 6.45) is 3.15. The Kier molecular flexibility index (Phi) is 10.9. The molecule has 5 aromatic rings. The van der Waals surface area contributed by atoms with Crippen LogP contribution in [0.15, 0.2) is 84.1 Å². The largest absolute Gasteiger partial charge is 0.488 e. The van der Waals surface area contributed by atoms with Crippen molar-refractivity contribution >= 4 is 17.4 Å². The van der Waals surface area contributed by atoms with Crippen LogP contribution in [0.5, 0.6) is 17.4 Å². The zero-order valence-electron chi connectivity index (χ0n) is 28.1. The molecule has 6 rings (SSSR count). The Labute approximate surface area is 296 Å². The van der Waals surface area contributed by atoms with Crippen molar-refractivity contribution in [3.63, 3.8) is 0 Å². The molecular weight excluding hydrogens is 652 g/mol. The minimum atomic E-state index is -0.202. The molecule has 1 aliphatic heterocycles. The van der Waals surface area contributed by atoms with E-state index in [1.807, 2.05) is 30.3 Å². The molecule has 11 heteroatoms. The van der Waals surface area contributed by atoms with Crippen LogP contribution in [0.25, 0.3) is 22.4 Å². The number of hydrogen-bond acceptors (Lipinski definition) is 10. The maximum Gasteiger partial charge on any atom is 0.224 e. The van der Waals surface area contributed by atoms with E-state index >= 15 is 0 Å². The van der Waals surface area contributed by atoms with Gasteiger partial charge >= 0.3 is 0 Å². The number of benzene rings is 3. The SMILES string of the molecule is COc1nc(-c2cccc(-c3cccc(COc4cc(OCc5cncc(C#N)c5)c(CNCO)cc4Cl)c3C)c2C)ccc1C1=NCCN1. The van der Waals surface area contributed by atoms with Crippen LogP contribution in [0.2, 0.25) is 5.02 Å². The molecule has 2 aromatic heterocycles. The average molecular weight is 689 g/mol. The summed E-state index contributed by atoms with van der Waals surface area (Å²) in [6, 6.07) is 23.8. The van der Waals surface area contributed by atoms with Crippen molar-refractivity contribution in [3.05, 3.63) is 123 Å². The summed E-state index contributed by atoms with van der Waals surface area (Å²) in [4.78, 5) is 13.5. The van der Waals surface area contributed by atoms with Gasteiger partial charge < -0.3 is 24.6 Å². The van der Waals surface area contributed by atoms with Crippen molar-refractivity contribution in [3.8, 4) is 45.8 Å². The highest BCUT2D eigenvalue weighted by Gasteiger charge is 2.19. The van der Waals surface area contributed by atoms with Crippen LogP contribution in [0.4, 0.5) is 0 Å². The fraction of sp³-hybridized carbons (Fsp3) is 0.231. The molecule has 3 aromatic carbocycles. The summed E-state index contributed by atoms with van der Waals surface area (Å²) in [6.45, 7) is 6.34. The number of nitriles is 1. The lowest BCUT2D eigenvalue weighted by Gasteiger charge is -2.18. The van der Waals surface area contributed by atoms with Crippen molar-refractivity contribution in [1.82, 2.24) is 20.6 Å². The molecule has 0 bridgehead atoms. The Morgan fingerprint density at radius 1 is 0.900 bits per heavy atom. The fourth-order valence-corrected chi connectivity index (χ4v) is 6.18. The van der Waals surface area contributed by atoms with Crippen LogP contribution in [0.1, 0.15) is 38.9 Å². The Morgan fingerprint density at radius 2 is 1.68 bits per heavy atom. The van der Waals surface area contributed by atoms with Crippen molar-refractivity contribution in [2.75, 3.05) is 26.9 Å². The first-order valence-corrected chi connectivity index (χ1v) is 16.5. The third kappa shape index (κ3) is 7.56. The van der Waals surface area contributed by atoms with Crippen molar-refractivity contribution < 1.29 is 19.3 Å². The number of hydrogen-bond donors (Lipinski definition) is 3. The van der Waals surface area contributed by atoms with E-state index < -0.39 is 0 Å². The van der Waals surface area contributed by atoms with Crippen LogP contribution < -0.4 is 24.8 Å². The third-order valence-corrected chi connectivity index (χ3v) is 8.87. The second-order valence-electron chi connectivity index (χ2n) is 11.7. The number of aliphatic imine (C=N–C) groups is 1. The van der Waals surface area contributed by atoms with Gasteiger partial charge in [0, 0.05) is 48.2 Å². The number of methoxy groups -OCH3 is 1. The number of rotatable bonds is 13. The zero-order chi connectivity index (χ0) is 35.0.